The molecule has 0 amide bonds. The number of benzene rings is 2. The van der Waals surface area contributed by atoms with Crippen LogP contribution in [0.2, 0.25) is 0 Å². The Bertz CT molecular complexity index is 587. The molecule has 19 heavy (non-hydrogen) atoms. The zero-order chi connectivity index (χ0) is 13.7. The summed E-state index contributed by atoms with van der Waals surface area (Å²) in [5.41, 5.74) is 2.94. The van der Waals surface area contributed by atoms with Crippen LogP contribution in [0.5, 0.6) is 0 Å². The lowest BCUT2D eigenvalue weighted by Gasteiger charge is -2.19. The Labute approximate surface area is 122 Å². The van der Waals surface area contributed by atoms with Gasteiger partial charge in [0.2, 0.25) is 0 Å². The molecule has 0 spiro atoms. The maximum atomic E-state index is 8.91. The molecule has 0 aliphatic heterocycles. The van der Waals surface area contributed by atoms with Gasteiger partial charge in [-0.05, 0) is 46.1 Å². The van der Waals surface area contributed by atoms with Gasteiger partial charge in [-0.3, -0.25) is 0 Å². The van der Waals surface area contributed by atoms with Crippen LogP contribution in [0, 0.1) is 11.3 Å². The molecule has 1 unspecified atom stereocenters. The van der Waals surface area contributed by atoms with E-state index in [-0.39, 0.29) is 6.04 Å². The molecule has 2 nitrogen and oxygen atoms in total. The minimum Gasteiger partial charge on any atom is -0.378 e. The monoisotopic (exact) mass is 314 g/mol. The van der Waals surface area contributed by atoms with Crippen molar-refractivity contribution in [1.29, 1.82) is 5.26 Å². The molecule has 1 atom stereocenters. The van der Waals surface area contributed by atoms with E-state index in [1.165, 1.54) is 5.56 Å². The minimum absolute atomic E-state index is 0.279. The van der Waals surface area contributed by atoms with E-state index in [4.69, 9.17) is 5.26 Å². The van der Waals surface area contributed by atoms with Crippen LogP contribution in [0.1, 0.15) is 30.5 Å². The lowest BCUT2D eigenvalue weighted by Crippen LogP contribution is -2.09. The molecular formula is C16H15BrN2. The molecule has 1 N–H and O–H groups in total. The molecule has 0 saturated heterocycles. The first-order valence-corrected chi connectivity index (χ1v) is 7.05. The number of hydrogen-bond donors (Lipinski definition) is 1. The molecule has 0 heterocycles. The van der Waals surface area contributed by atoms with Gasteiger partial charge in [-0.1, -0.05) is 37.3 Å². The Kier molecular flexibility index (Phi) is 4.59. The number of halogens is 1. The van der Waals surface area contributed by atoms with E-state index in [1.807, 2.05) is 36.4 Å². The highest BCUT2D eigenvalue weighted by Crippen LogP contribution is 2.26. The van der Waals surface area contributed by atoms with Gasteiger partial charge in [-0.15, -0.1) is 0 Å². The number of rotatable bonds is 4. The molecule has 96 valence electrons. The molecule has 0 aliphatic rings. The van der Waals surface area contributed by atoms with Crippen molar-refractivity contribution >= 4 is 21.6 Å². The van der Waals surface area contributed by atoms with Crippen LogP contribution in [0.3, 0.4) is 0 Å². The first-order chi connectivity index (χ1) is 9.24. The number of nitriles is 1. The fourth-order valence-corrected chi connectivity index (χ4v) is 2.47. The summed E-state index contributed by atoms with van der Waals surface area (Å²) in [6, 6.07) is 18.5. The van der Waals surface area contributed by atoms with Crippen LogP contribution in [0.15, 0.2) is 53.0 Å². The van der Waals surface area contributed by atoms with Crippen molar-refractivity contribution in [3.05, 3.63) is 64.1 Å². The van der Waals surface area contributed by atoms with E-state index in [2.05, 4.69) is 46.4 Å². The Hall–Kier alpha value is -1.79. The molecule has 2 rings (SSSR count). The molecule has 0 aromatic heterocycles. The normalized spacial score (nSPS) is 11.6. The highest BCUT2D eigenvalue weighted by Gasteiger charge is 2.09. The summed E-state index contributed by atoms with van der Waals surface area (Å²) in [6.07, 6.45) is 1.00. The topological polar surface area (TPSA) is 35.8 Å². The van der Waals surface area contributed by atoms with Crippen LogP contribution >= 0.6 is 15.9 Å². The summed E-state index contributed by atoms with van der Waals surface area (Å²) >= 11 is 3.41. The van der Waals surface area contributed by atoms with Gasteiger partial charge in [0.25, 0.3) is 0 Å². The van der Waals surface area contributed by atoms with Gasteiger partial charge in [-0.2, -0.15) is 5.26 Å². The van der Waals surface area contributed by atoms with Crippen molar-refractivity contribution in [2.45, 2.75) is 19.4 Å². The summed E-state index contributed by atoms with van der Waals surface area (Å²) in [5, 5.41) is 12.4. The zero-order valence-corrected chi connectivity index (χ0v) is 12.3. The number of hydrogen-bond acceptors (Lipinski definition) is 2. The van der Waals surface area contributed by atoms with Crippen molar-refractivity contribution in [2.24, 2.45) is 0 Å². The average Bonchev–Trinajstić information content (AvgIpc) is 2.46. The first-order valence-electron chi connectivity index (χ1n) is 6.25. The molecule has 0 bridgehead atoms. The van der Waals surface area contributed by atoms with Gasteiger partial charge in [0, 0.05) is 10.2 Å². The minimum atomic E-state index is 0.279. The Morgan fingerprint density at radius 3 is 2.53 bits per heavy atom. The largest absolute Gasteiger partial charge is 0.378 e. The Morgan fingerprint density at radius 1 is 1.21 bits per heavy atom. The average molecular weight is 315 g/mol. The third kappa shape index (κ3) is 3.36. The zero-order valence-electron chi connectivity index (χ0n) is 10.7. The number of nitrogens with zero attached hydrogens (tertiary/aromatic N) is 1. The SMILES string of the molecule is CCC(Nc1ccc(C#N)c(Br)c1)c1ccccc1. The van der Waals surface area contributed by atoms with Gasteiger partial charge in [0.1, 0.15) is 6.07 Å². The van der Waals surface area contributed by atoms with Gasteiger partial charge < -0.3 is 5.32 Å². The van der Waals surface area contributed by atoms with E-state index in [1.54, 1.807) is 0 Å². The smallest absolute Gasteiger partial charge is 0.100 e. The maximum Gasteiger partial charge on any atom is 0.100 e. The quantitative estimate of drug-likeness (QED) is 0.872. The van der Waals surface area contributed by atoms with Gasteiger partial charge in [-0.25, -0.2) is 0 Å². The lowest BCUT2D eigenvalue weighted by molar-refractivity contribution is 0.749. The van der Waals surface area contributed by atoms with E-state index in [0.29, 0.717) is 5.56 Å². The molecule has 3 heteroatoms. The fourth-order valence-electron chi connectivity index (χ4n) is 2.00. The van der Waals surface area contributed by atoms with E-state index >= 15 is 0 Å². The summed E-state index contributed by atoms with van der Waals surface area (Å²) < 4.78 is 0.822. The summed E-state index contributed by atoms with van der Waals surface area (Å²) in [5.74, 6) is 0. The van der Waals surface area contributed by atoms with Crippen molar-refractivity contribution in [1.82, 2.24) is 0 Å². The molecule has 0 saturated carbocycles. The maximum absolute atomic E-state index is 8.91. The number of nitrogens with one attached hydrogen (secondary N) is 1. The molecule has 0 radical (unpaired) electrons. The number of anilines is 1. The molecule has 0 fully saturated rings. The van der Waals surface area contributed by atoms with E-state index in [9.17, 15) is 0 Å². The molecular weight excluding hydrogens is 300 g/mol. The predicted octanol–water partition coefficient (Wildman–Crippen LogP) is 4.88. The third-order valence-corrected chi connectivity index (χ3v) is 3.70. The second-order valence-corrected chi connectivity index (χ2v) is 5.18. The fraction of sp³-hybridized carbons (Fsp3) is 0.188. The van der Waals surface area contributed by atoms with Gasteiger partial charge in [0.15, 0.2) is 0 Å². The predicted molar refractivity (Wildman–Crippen MR) is 82.0 cm³/mol. The second kappa shape index (κ2) is 6.40. The lowest BCUT2D eigenvalue weighted by atomic mass is 10.0. The Balaban J connectivity index is 2.20. The second-order valence-electron chi connectivity index (χ2n) is 4.32. The van der Waals surface area contributed by atoms with Crippen molar-refractivity contribution in [3.8, 4) is 6.07 Å². The molecule has 0 aliphatic carbocycles. The molecule has 2 aromatic carbocycles. The van der Waals surface area contributed by atoms with Crippen LogP contribution in [-0.4, -0.2) is 0 Å². The Morgan fingerprint density at radius 2 is 1.95 bits per heavy atom. The van der Waals surface area contributed by atoms with Crippen LogP contribution < -0.4 is 5.32 Å². The molecule has 2 aromatic rings. The van der Waals surface area contributed by atoms with Gasteiger partial charge in [0.05, 0.1) is 11.6 Å². The summed E-state index contributed by atoms with van der Waals surface area (Å²) in [4.78, 5) is 0. The van der Waals surface area contributed by atoms with Crippen LogP contribution in [0.25, 0.3) is 0 Å². The van der Waals surface area contributed by atoms with Crippen molar-refractivity contribution < 1.29 is 0 Å². The van der Waals surface area contributed by atoms with Crippen LogP contribution in [-0.2, 0) is 0 Å². The van der Waals surface area contributed by atoms with Gasteiger partial charge >= 0.3 is 0 Å². The summed E-state index contributed by atoms with van der Waals surface area (Å²) in [7, 11) is 0. The van der Waals surface area contributed by atoms with E-state index in [0.717, 1.165) is 16.6 Å². The van der Waals surface area contributed by atoms with Crippen molar-refractivity contribution in [3.63, 3.8) is 0 Å². The highest BCUT2D eigenvalue weighted by molar-refractivity contribution is 9.10. The van der Waals surface area contributed by atoms with E-state index < -0.39 is 0 Å². The van der Waals surface area contributed by atoms with Crippen LogP contribution in [0.4, 0.5) is 5.69 Å². The summed E-state index contributed by atoms with van der Waals surface area (Å²) in [6.45, 7) is 2.16. The first kappa shape index (κ1) is 13.6. The standard InChI is InChI=1S/C16H15BrN2/c1-2-16(12-6-4-3-5-7-12)19-14-9-8-13(11-18)15(17)10-14/h3-10,16,19H,2H2,1H3. The third-order valence-electron chi connectivity index (χ3n) is 3.04. The highest BCUT2D eigenvalue weighted by atomic mass is 79.9. The van der Waals surface area contributed by atoms with Crippen molar-refractivity contribution in [2.75, 3.05) is 5.32 Å².